The molecule has 4 rings (SSSR count). The zero-order valence-corrected chi connectivity index (χ0v) is 20.8. The molecule has 186 valence electrons. The molecular formula is C28H26FNO5S. The lowest BCUT2D eigenvalue weighted by atomic mass is 10.1. The molecule has 0 unspecified atom stereocenters. The Morgan fingerprint density at radius 3 is 2.50 bits per heavy atom. The van der Waals surface area contributed by atoms with E-state index in [1.165, 1.54) is 17.0 Å². The first-order chi connectivity index (χ1) is 17.4. The normalized spacial score (nSPS) is 14.4. The lowest BCUT2D eigenvalue weighted by Gasteiger charge is -2.14. The lowest BCUT2D eigenvalue weighted by Crippen LogP contribution is -2.32. The molecule has 1 saturated heterocycles. The monoisotopic (exact) mass is 507 g/mol. The fourth-order valence-corrected chi connectivity index (χ4v) is 4.41. The molecule has 0 N–H and O–H groups in total. The highest BCUT2D eigenvalue weighted by Crippen LogP contribution is 2.35. The van der Waals surface area contributed by atoms with Gasteiger partial charge in [0.2, 0.25) is 0 Å². The Kier molecular flexibility index (Phi) is 8.28. The maximum absolute atomic E-state index is 13.1. The van der Waals surface area contributed by atoms with Crippen molar-refractivity contribution in [3.8, 4) is 17.2 Å². The summed E-state index contributed by atoms with van der Waals surface area (Å²) in [6.07, 6.45) is 1.67. The Bertz CT molecular complexity index is 1280. The van der Waals surface area contributed by atoms with Gasteiger partial charge in [-0.3, -0.25) is 14.5 Å². The van der Waals surface area contributed by atoms with Gasteiger partial charge in [-0.2, -0.15) is 0 Å². The van der Waals surface area contributed by atoms with E-state index in [1.54, 1.807) is 36.4 Å². The summed E-state index contributed by atoms with van der Waals surface area (Å²) in [5, 5.41) is -0.330. The standard InChI is InChI=1S/C28H26FNO5S/c1-3-33-25-16-21(9-12-24(25)35-18-20-7-10-22(29)11-8-20)17-26-27(31)30(28(32)36-26)13-14-34-23-6-4-5-19(2)15-23/h4-12,15-17H,3,13-14,18H2,1-2H3/b26-17-. The van der Waals surface area contributed by atoms with Crippen molar-refractivity contribution in [2.75, 3.05) is 19.8 Å². The minimum atomic E-state index is -0.354. The number of carbonyl (C=O) groups is 2. The molecule has 0 radical (unpaired) electrons. The van der Waals surface area contributed by atoms with Crippen LogP contribution in [0.5, 0.6) is 17.2 Å². The van der Waals surface area contributed by atoms with Crippen molar-refractivity contribution in [2.24, 2.45) is 0 Å². The van der Waals surface area contributed by atoms with Crippen molar-refractivity contribution in [1.82, 2.24) is 4.90 Å². The molecule has 0 aliphatic carbocycles. The van der Waals surface area contributed by atoms with Crippen LogP contribution in [0.1, 0.15) is 23.6 Å². The number of amides is 2. The number of halogens is 1. The van der Waals surface area contributed by atoms with Crippen LogP contribution in [0.25, 0.3) is 6.08 Å². The van der Waals surface area contributed by atoms with Crippen LogP contribution < -0.4 is 14.2 Å². The Morgan fingerprint density at radius 1 is 0.944 bits per heavy atom. The Morgan fingerprint density at radius 2 is 1.75 bits per heavy atom. The molecule has 36 heavy (non-hydrogen) atoms. The van der Waals surface area contributed by atoms with Gasteiger partial charge in [0.25, 0.3) is 11.1 Å². The lowest BCUT2D eigenvalue weighted by molar-refractivity contribution is -0.123. The van der Waals surface area contributed by atoms with Gasteiger partial charge in [0.15, 0.2) is 11.5 Å². The summed E-state index contributed by atoms with van der Waals surface area (Å²) < 4.78 is 30.4. The quantitative estimate of drug-likeness (QED) is 0.303. The number of nitrogens with zero attached hydrogens (tertiary/aromatic N) is 1. The van der Waals surface area contributed by atoms with Crippen molar-refractivity contribution < 1.29 is 28.2 Å². The number of carbonyl (C=O) groups excluding carboxylic acids is 2. The Balaban J connectivity index is 1.41. The third-order valence-corrected chi connectivity index (χ3v) is 6.23. The average molecular weight is 508 g/mol. The molecule has 3 aromatic rings. The van der Waals surface area contributed by atoms with Crippen molar-refractivity contribution in [1.29, 1.82) is 0 Å². The molecule has 1 heterocycles. The van der Waals surface area contributed by atoms with Gasteiger partial charge >= 0.3 is 0 Å². The van der Waals surface area contributed by atoms with E-state index in [0.29, 0.717) is 34.3 Å². The predicted octanol–water partition coefficient (Wildman–Crippen LogP) is 6.23. The summed E-state index contributed by atoms with van der Waals surface area (Å²) in [5.41, 5.74) is 2.59. The maximum Gasteiger partial charge on any atom is 0.293 e. The predicted molar refractivity (Wildman–Crippen MR) is 138 cm³/mol. The molecule has 0 atom stereocenters. The highest BCUT2D eigenvalue weighted by atomic mass is 32.2. The summed E-state index contributed by atoms with van der Waals surface area (Å²) in [6, 6.07) is 19.0. The molecule has 3 aromatic carbocycles. The minimum Gasteiger partial charge on any atom is -0.492 e. The van der Waals surface area contributed by atoms with Crippen LogP contribution in [-0.2, 0) is 11.4 Å². The SMILES string of the molecule is CCOc1cc(/C=C2\SC(=O)N(CCOc3cccc(C)c3)C2=O)ccc1OCc1ccc(F)cc1. The molecule has 0 bridgehead atoms. The largest absolute Gasteiger partial charge is 0.492 e. The fourth-order valence-electron chi connectivity index (χ4n) is 3.55. The Hall–Kier alpha value is -3.78. The molecular weight excluding hydrogens is 481 g/mol. The van der Waals surface area contributed by atoms with E-state index >= 15 is 0 Å². The second-order valence-corrected chi connectivity index (χ2v) is 9.05. The van der Waals surface area contributed by atoms with E-state index < -0.39 is 0 Å². The van der Waals surface area contributed by atoms with Crippen LogP contribution in [0.4, 0.5) is 9.18 Å². The number of hydrogen-bond donors (Lipinski definition) is 0. The molecule has 0 spiro atoms. The number of aryl methyl sites for hydroxylation is 1. The fraction of sp³-hybridized carbons (Fsp3) is 0.214. The van der Waals surface area contributed by atoms with Gasteiger partial charge in [0.1, 0.15) is 24.8 Å². The zero-order valence-electron chi connectivity index (χ0n) is 20.0. The van der Waals surface area contributed by atoms with Crippen LogP contribution in [-0.4, -0.2) is 35.8 Å². The first-order valence-electron chi connectivity index (χ1n) is 11.5. The number of rotatable bonds is 10. The van der Waals surface area contributed by atoms with Crippen LogP contribution in [0.15, 0.2) is 71.6 Å². The average Bonchev–Trinajstić information content (AvgIpc) is 3.12. The van der Waals surface area contributed by atoms with Crippen LogP contribution in [0.2, 0.25) is 0 Å². The first kappa shape index (κ1) is 25.3. The smallest absolute Gasteiger partial charge is 0.293 e. The summed E-state index contributed by atoms with van der Waals surface area (Å²) in [5.74, 6) is 1.08. The van der Waals surface area contributed by atoms with Crippen LogP contribution >= 0.6 is 11.8 Å². The maximum atomic E-state index is 13.1. The molecule has 8 heteroatoms. The highest BCUT2D eigenvalue weighted by molar-refractivity contribution is 8.18. The third-order valence-electron chi connectivity index (χ3n) is 5.32. The highest BCUT2D eigenvalue weighted by Gasteiger charge is 2.34. The van der Waals surface area contributed by atoms with Gasteiger partial charge in [-0.05, 0) is 84.8 Å². The van der Waals surface area contributed by atoms with Gasteiger partial charge < -0.3 is 14.2 Å². The third kappa shape index (κ3) is 6.46. The van der Waals surface area contributed by atoms with Crippen LogP contribution in [0.3, 0.4) is 0 Å². The number of benzene rings is 3. The molecule has 2 amide bonds. The number of thioether (sulfide) groups is 1. The number of ether oxygens (including phenoxy) is 3. The van der Waals surface area contributed by atoms with Gasteiger partial charge in [0, 0.05) is 0 Å². The van der Waals surface area contributed by atoms with Gasteiger partial charge in [-0.15, -0.1) is 0 Å². The minimum absolute atomic E-state index is 0.163. The molecule has 6 nitrogen and oxygen atoms in total. The van der Waals surface area contributed by atoms with Gasteiger partial charge in [-0.1, -0.05) is 30.3 Å². The van der Waals surface area contributed by atoms with E-state index in [4.69, 9.17) is 14.2 Å². The second kappa shape index (κ2) is 11.8. The molecule has 1 aliphatic rings. The molecule has 1 fully saturated rings. The van der Waals surface area contributed by atoms with Gasteiger partial charge in [-0.25, -0.2) is 4.39 Å². The summed E-state index contributed by atoms with van der Waals surface area (Å²) >= 11 is 0.898. The molecule has 0 aromatic heterocycles. The van der Waals surface area contributed by atoms with Crippen molar-refractivity contribution >= 4 is 29.0 Å². The second-order valence-electron chi connectivity index (χ2n) is 8.05. The van der Waals surface area contributed by atoms with E-state index in [0.717, 1.165) is 22.9 Å². The van der Waals surface area contributed by atoms with Crippen molar-refractivity contribution in [3.63, 3.8) is 0 Å². The first-order valence-corrected chi connectivity index (χ1v) is 12.3. The topological polar surface area (TPSA) is 65.1 Å². The number of hydrogen-bond acceptors (Lipinski definition) is 6. The molecule has 0 saturated carbocycles. The van der Waals surface area contributed by atoms with Crippen molar-refractivity contribution in [2.45, 2.75) is 20.5 Å². The van der Waals surface area contributed by atoms with Gasteiger partial charge in [0.05, 0.1) is 18.1 Å². The summed E-state index contributed by atoms with van der Waals surface area (Å²) in [7, 11) is 0. The van der Waals surface area contributed by atoms with E-state index in [1.807, 2.05) is 38.1 Å². The Labute approximate surface area is 213 Å². The summed E-state index contributed by atoms with van der Waals surface area (Å²) in [4.78, 5) is 26.8. The van der Waals surface area contributed by atoms with E-state index in [2.05, 4.69) is 0 Å². The van der Waals surface area contributed by atoms with Crippen LogP contribution in [0, 0.1) is 12.7 Å². The zero-order chi connectivity index (χ0) is 25.5. The molecule has 1 aliphatic heterocycles. The van der Waals surface area contributed by atoms with E-state index in [9.17, 15) is 14.0 Å². The van der Waals surface area contributed by atoms with Crippen molar-refractivity contribution in [3.05, 3.63) is 94.1 Å². The number of imide groups is 1. The van der Waals surface area contributed by atoms with E-state index in [-0.39, 0.29) is 36.7 Å². The summed E-state index contributed by atoms with van der Waals surface area (Å²) in [6.45, 7) is 4.88.